The van der Waals surface area contributed by atoms with E-state index in [1.165, 1.54) is 12.8 Å². The molecule has 0 unspecified atom stereocenters. The molecule has 15 heavy (non-hydrogen) atoms. The molecule has 0 spiro atoms. The van der Waals surface area contributed by atoms with Crippen LogP contribution in [0.3, 0.4) is 0 Å². The molecule has 0 fully saturated rings. The first-order valence-corrected chi connectivity index (χ1v) is 5.65. The molecule has 1 aromatic carbocycles. The first-order valence-electron chi connectivity index (χ1n) is 5.65. The summed E-state index contributed by atoms with van der Waals surface area (Å²) in [5.41, 5.74) is 1.00. The van der Waals surface area contributed by atoms with Crippen molar-refractivity contribution >= 4 is 0 Å². The number of benzene rings is 1. The van der Waals surface area contributed by atoms with Gasteiger partial charge in [0.2, 0.25) is 0 Å². The summed E-state index contributed by atoms with van der Waals surface area (Å²) in [7, 11) is 2.06. The molecule has 84 valence electrons. The Bertz CT molecular complexity index is 260. The van der Waals surface area contributed by atoms with Gasteiger partial charge >= 0.3 is 0 Å². The zero-order chi connectivity index (χ0) is 11.1. The Morgan fingerprint density at radius 2 is 1.93 bits per heavy atom. The minimum Gasteiger partial charge on any atom is -0.387 e. The van der Waals surface area contributed by atoms with Crippen LogP contribution in [0.15, 0.2) is 30.3 Å². The second kappa shape index (κ2) is 6.59. The van der Waals surface area contributed by atoms with E-state index in [0.29, 0.717) is 6.54 Å². The Morgan fingerprint density at radius 3 is 2.53 bits per heavy atom. The van der Waals surface area contributed by atoms with Gasteiger partial charge in [-0.15, -0.1) is 0 Å². The molecule has 2 heteroatoms. The van der Waals surface area contributed by atoms with Crippen molar-refractivity contribution in [3.05, 3.63) is 35.9 Å². The van der Waals surface area contributed by atoms with Crippen LogP contribution in [0.4, 0.5) is 0 Å². The Balaban J connectivity index is 2.38. The van der Waals surface area contributed by atoms with Crippen LogP contribution in [-0.4, -0.2) is 30.1 Å². The summed E-state index contributed by atoms with van der Waals surface area (Å²) >= 11 is 0. The van der Waals surface area contributed by atoms with Gasteiger partial charge in [0.15, 0.2) is 0 Å². The summed E-state index contributed by atoms with van der Waals surface area (Å²) in [5, 5.41) is 9.95. The van der Waals surface area contributed by atoms with Gasteiger partial charge in [-0.2, -0.15) is 0 Å². The second-order valence-corrected chi connectivity index (χ2v) is 4.04. The van der Waals surface area contributed by atoms with E-state index in [9.17, 15) is 5.11 Å². The van der Waals surface area contributed by atoms with Gasteiger partial charge in [0.05, 0.1) is 6.10 Å². The fourth-order valence-electron chi connectivity index (χ4n) is 1.60. The SMILES string of the molecule is CCCCN(C)C[C@@H](O)c1ccccc1. The Morgan fingerprint density at radius 1 is 1.27 bits per heavy atom. The number of rotatable bonds is 6. The Labute approximate surface area is 92.5 Å². The molecule has 0 aliphatic rings. The van der Waals surface area contributed by atoms with Crippen LogP contribution in [0.25, 0.3) is 0 Å². The molecule has 1 N–H and O–H groups in total. The first kappa shape index (κ1) is 12.2. The number of unbranched alkanes of at least 4 members (excludes halogenated alkanes) is 1. The number of nitrogens with zero attached hydrogens (tertiary/aromatic N) is 1. The van der Waals surface area contributed by atoms with Crippen molar-refractivity contribution in [1.82, 2.24) is 4.90 Å². The molecule has 1 rings (SSSR count). The van der Waals surface area contributed by atoms with Gasteiger partial charge < -0.3 is 10.0 Å². The molecule has 0 radical (unpaired) electrons. The van der Waals surface area contributed by atoms with E-state index in [1.807, 2.05) is 30.3 Å². The lowest BCUT2D eigenvalue weighted by atomic mass is 10.1. The smallest absolute Gasteiger partial charge is 0.0916 e. The molecular weight excluding hydrogens is 186 g/mol. The molecule has 0 bridgehead atoms. The quantitative estimate of drug-likeness (QED) is 0.774. The molecule has 1 atom stereocenters. The van der Waals surface area contributed by atoms with Gasteiger partial charge in [-0.1, -0.05) is 43.7 Å². The van der Waals surface area contributed by atoms with Gasteiger partial charge in [-0.25, -0.2) is 0 Å². The van der Waals surface area contributed by atoms with Crippen LogP contribution in [0.5, 0.6) is 0 Å². The predicted octanol–water partition coefficient (Wildman–Crippen LogP) is 2.45. The largest absolute Gasteiger partial charge is 0.387 e. The fraction of sp³-hybridized carbons (Fsp3) is 0.538. The van der Waals surface area contributed by atoms with Crippen LogP contribution in [0, 0.1) is 0 Å². The van der Waals surface area contributed by atoms with Crippen molar-refractivity contribution in [2.24, 2.45) is 0 Å². The van der Waals surface area contributed by atoms with E-state index in [-0.39, 0.29) is 6.10 Å². The van der Waals surface area contributed by atoms with Gasteiger partial charge in [0, 0.05) is 6.54 Å². The Hall–Kier alpha value is -0.860. The monoisotopic (exact) mass is 207 g/mol. The van der Waals surface area contributed by atoms with E-state index in [0.717, 1.165) is 12.1 Å². The van der Waals surface area contributed by atoms with Crippen LogP contribution < -0.4 is 0 Å². The van der Waals surface area contributed by atoms with E-state index in [2.05, 4.69) is 18.9 Å². The minimum atomic E-state index is -0.368. The van der Waals surface area contributed by atoms with Crippen molar-refractivity contribution in [3.63, 3.8) is 0 Å². The van der Waals surface area contributed by atoms with E-state index >= 15 is 0 Å². The normalized spacial score (nSPS) is 13.1. The highest BCUT2D eigenvalue weighted by atomic mass is 16.3. The molecule has 0 saturated heterocycles. The first-order chi connectivity index (χ1) is 7.24. The molecule has 0 amide bonds. The van der Waals surface area contributed by atoms with Crippen LogP contribution in [0.2, 0.25) is 0 Å². The average Bonchev–Trinajstić information content (AvgIpc) is 2.27. The summed E-state index contributed by atoms with van der Waals surface area (Å²) in [4.78, 5) is 2.18. The maximum Gasteiger partial charge on any atom is 0.0916 e. The fourth-order valence-corrected chi connectivity index (χ4v) is 1.60. The molecule has 0 aliphatic heterocycles. The third kappa shape index (κ3) is 4.45. The number of hydrogen-bond acceptors (Lipinski definition) is 2. The van der Waals surface area contributed by atoms with Crippen molar-refractivity contribution in [2.75, 3.05) is 20.1 Å². The van der Waals surface area contributed by atoms with Gasteiger partial charge in [-0.3, -0.25) is 0 Å². The van der Waals surface area contributed by atoms with Crippen molar-refractivity contribution in [2.45, 2.75) is 25.9 Å². The number of aliphatic hydroxyl groups is 1. The highest BCUT2D eigenvalue weighted by molar-refractivity contribution is 5.17. The van der Waals surface area contributed by atoms with E-state index in [1.54, 1.807) is 0 Å². The lowest BCUT2D eigenvalue weighted by Crippen LogP contribution is -2.25. The number of likely N-dealkylation sites (N-methyl/N-ethyl adjacent to an activating group) is 1. The van der Waals surface area contributed by atoms with Gasteiger partial charge in [0.1, 0.15) is 0 Å². The van der Waals surface area contributed by atoms with Gasteiger partial charge in [0.25, 0.3) is 0 Å². The van der Waals surface area contributed by atoms with E-state index in [4.69, 9.17) is 0 Å². The molecule has 0 saturated carbocycles. The average molecular weight is 207 g/mol. The minimum absolute atomic E-state index is 0.368. The third-order valence-corrected chi connectivity index (χ3v) is 2.56. The second-order valence-electron chi connectivity index (χ2n) is 4.04. The molecule has 0 aliphatic carbocycles. The summed E-state index contributed by atoms with van der Waals surface area (Å²) in [5.74, 6) is 0. The van der Waals surface area contributed by atoms with E-state index < -0.39 is 0 Å². The van der Waals surface area contributed by atoms with Crippen molar-refractivity contribution < 1.29 is 5.11 Å². The maximum absolute atomic E-state index is 9.95. The topological polar surface area (TPSA) is 23.5 Å². The summed E-state index contributed by atoms with van der Waals surface area (Å²) < 4.78 is 0. The summed E-state index contributed by atoms with van der Waals surface area (Å²) in [6.45, 7) is 3.95. The zero-order valence-electron chi connectivity index (χ0n) is 9.69. The number of aliphatic hydroxyl groups excluding tert-OH is 1. The molecule has 2 nitrogen and oxygen atoms in total. The van der Waals surface area contributed by atoms with Crippen LogP contribution in [0.1, 0.15) is 31.4 Å². The predicted molar refractivity (Wildman–Crippen MR) is 63.8 cm³/mol. The van der Waals surface area contributed by atoms with Crippen molar-refractivity contribution in [3.8, 4) is 0 Å². The highest BCUT2D eigenvalue weighted by Gasteiger charge is 2.09. The summed E-state index contributed by atoms with van der Waals surface area (Å²) in [6, 6.07) is 9.84. The lowest BCUT2D eigenvalue weighted by Gasteiger charge is -2.20. The Kier molecular flexibility index (Phi) is 5.37. The number of hydrogen-bond donors (Lipinski definition) is 1. The molecular formula is C13H21NO. The lowest BCUT2D eigenvalue weighted by molar-refractivity contribution is 0.126. The molecule has 1 aromatic rings. The molecule has 0 aromatic heterocycles. The summed E-state index contributed by atoms with van der Waals surface area (Å²) in [6.07, 6.45) is 2.03. The van der Waals surface area contributed by atoms with Crippen molar-refractivity contribution in [1.29, 1.82) is 0 Å². The molecule has 0 heterocycles. The van der Waals surface area contributed by atoms with Crippen LogP contribution in [-0.2, 0) is 0 Å². The maximum atomic E-state index is 9.95. The van der Waals surface area contributed by atoms with Crippen LogP contribution >= 0.6 is 0 Å². The highest BCUT2D eigenvalue weighted by Crippen LogP contribution is 2.12. The zero-order valence-corrected chi connectivity index (χ0v) is 9.69. The van der Waals surface area contributed by atoms with Gasteiger partial charge in [-0.05, 0) is 25.6 Å². The standard InChI is InChI=1S/C13H21NO/c1-3-4-10-14(2)11-13(15)12-8-6-5-7-9-12/h5-9,13,15H,3-4,10-11H2,1-2H3/t13-/m1/s1. The third-order valence-electron chi connectivity index (χ3n) is 2.56.